The van der Waals surface area contributed by atoms with E-state index in [-0.39, 0.29) is 0 Å². The molecule has 0 aliphatic heterocycles. The van der Waals surface area contributed by atoms with Crippen LogP contribution in [0.4, 0.5) is 11.6 Å². The minimum atomic E-state index is 0.819. The van der Waals surface area contributed by atoms with Crippen molar-refractivity contribution in [3.63, 3.8) is 0 Å². The second kappa shape index (κ2) is 5.17. The van der Waals surface area contributed by atoms with Crippen LogP contribution in [0.2, 0.25) is 0 Å². The number of hydrogen-bond donors (Lipinski definition) is 1. The van der Waals surface area contributed by atoms with Crippen molar-refractivity contribution in [1.29, 1.82) is 0 Å². The lowest BCUT2D eigenvalue weighted by molar-refractivity contribution is 0.877. The van der Waals surface area contributed by atoms with Gasteiger partial charge in [-0.2, -0.15) is 0 Å². The topological polar surface area (TPSA) is 41.0 Å². The summed E-state index contributed by atoms with van der Waals surface area (Å²) < 4.78 is 0. The van der Waals surface area contributed by atoms with Crippen LogP contribution in [0.15, 0.2) is 24.5 Å². The van der Waals surface area contributed by atoms with Crippen LogP contribution in [0.1, 0.15) is 19.8 Å². The number of hydrogen-bond acceptors (Lipinski definition) is 4. The lowest BCUT2D eigenvalue weighted by Crippen LogP contribution is -2.20. The Labute approximate surface area is 103 Å². The van der Waals surface area contributed by atoms with E-state index in [2.05, 4.69) is 26.8 Å². The summed E-state index contributed by atoms with van der Waals surface area (Å²) in [5.41, 5.74) is 1.12. The molecule has 0 atom stereocenters. The molecule has 0 spiro atoms. The molecule has 92 valence electrons. The highest BCUT2D eigenvalue weighted by molar-refractivity contribution is 5.48. The first-order valence-corrected chi connectivity index (χ1v) is 6.06. The van der Waals surface area contributed by atoms with Gasteiger partial charge in [0.05, 0.1) is 0 Å². The molecule has 0 radical (unpaired) electrons. The van der Waals surface area contributed by atoms with Crippen LogP contribution in [0.5, 0.6) is 0 Å². The van der Waals surface area contributed by atoms with E-state index in [9.17, 15) is 0 Å². The Morgan fingerprint density at radius 1 is 1.53 bits per heavy atom. The van der Waals surface area contributed by atoms with E-state index >= 15 is 0 Å². The molecule has 1 aliphatic carbocycles. The average molecular weight is 232 g/mol. The van der Waals surface area contributed by atoms with Gasteiger partial charge in [-0.05, 0) is 25.7 Å². The molecule has 0 unspecified atom stereocenters. The summed E-state index contributed by atoms with van der Waals surface area (Å²) in [6.07, 6.45) is 4.31. The molecule has 1 N–H and O–H groups in total. The first-order chi connectivity index (χ1) is 8.15. The van der Waals surface area contributed by atoms with Crippen LogP contribution >= 0.6 is 0 Å². The van der Waals surface area contributed by atoms with E-state index in [1.807, 2.05) is 20.0 Å². The van der Waals surface area contributed by atoms with Crippen LogP contribution in [0.3, 0.4) is 0 Å². The molecule has 17 heavy (non-hydrogen) atoms. The van der Waals surface area contributed by atoms with Gasteiger partial charge in [-0.3, -0.25) is 0 Å². The summed E-state index contributed by atoms with van der Waals surface area (Å²) >= 11 is 0. The van der Waals surface area contributed by atoms with Crippen molar-refractivity contribution >= 4 is 11.6 Å². The van der Waals surface area contributed by atoms with E-state index in [0.717, 1.165) is 36.2 Å². The van der Waals surface area contributed by atoms with Gasteiger partial charge in [0.15, 0.2) is 0 Å². The van der Waals surface area contributed by atoms with Crippen molar-refractivity contribution in [3.8, 4) is 0 Å². The van der Waals surface area contributed by atoms with Crippen molar-refractivity contribution in [1.82, 2.24) is 9.97 Å². The Balaban J connectivity index is 1.96. The summed E-state index contributed by atoms with van der Waals surface area (Å²) in [6, 6.07) is 1.99. The first-order valence-electron chi connectivity index (χ1n) is 6.06. The van der Waals surface area contributed by atoms with Gasteiger partial charge >= 0.3 is 0 Å². The fourth-order valence-electron chi connectivity index (χ4n) is 1.71. The van der Waals surface area contributed by atoms with E-state index in [4.69, 9.17) is 0 Å². The summed E-state index contributed by atoms with van der Waals surface area (Å²) in [6.45, 7) is 7.77. The third kappa shape index (κ3) is 3.73. The van der Waals surface area contributed by atoms with Gasteiger partial charge in [0.25, 0.3) is 0 Å². The predicted molar refractivity (Wildman–Crippen MR) is 71.3 cm³/mol. The lowest BCUT2D eigenvalue weighted by atomic mass is 10.3. The summed E-state index contributed by atoms with van der Waals surface area (Å²) in [5.74, 6) is 2.69. The maximum atomic E-state index is 4.27. The molecule has 1 aliphatic rings. The molecule has 0 bridgehead atoms. The van der Waals surface area contributed by atoms with E-state index in [1.54, 1.807) is 6.33 Å². The highest BCUT2D eigenvalue weighted by atomic mass is 15.2. The van der Waals surface area contributed by atoms with Gasteiger partial charge in [-0.25, -0.2) is 9.97 Å². The third-order valence-electron chi connectivity index (χ3n) is 2.82. The number of nitrogens with one attached hydrogen (secondary N) is 1. The number of aromatic nitrogens is 2. The van der Waals surface area contributed by atoms with Crippen molar-refractivity contribution in [2.75, 3.05) is 30.4 Å². The minimum Gasteiger partial charge on any atom is -0.370 e. The van der Waals surface area contributed by atoms with Gasteiger partial charge in [0, 0.05) is 26.2 Å². The smallest absolute Gasteiger partial charge is 0.134 e. The van der Waals surface area contributed by atoms with Crippen LogP contribution in [-0.4, -0.2) is 30.1 Å². The second-order valence-corrected chi connectivity index (χ2v) is 4.90. The summed E-state index contributed by atoms with van der Waals surface area (Å²) in [4.78, 5) is 10.6. The molecule has 4 heteroatoms. The number of rotatable bonds is 6. The first kappa shape index (κ1) is 11.9. The molecule has 0 aromatic carbocycles. The monoisotopic (exact) mass is 232 g/mol. The molecule has 0 saturated heterocycles. The molecule has 1 fully saturated rings. The third-order valence-corrected chi connectivity index (χ3v) is 2.82. The van der Waals surface area contributed by atoms with Gasteiger partial charge in [-0.15, -0.1) is 0 Å². The zero-order valence-corrected chi connectivity index (χ0v) is 10.6. The second-order valence-electron chi connectivity index (χ2n) is 4.90. The van der Waals surface area contributed by atoms with Crippen LogP contribution < -0.4 is 10.2 Å². The van der Waals surface area contributed by atoms with Gasteiger partial charge < -0.3 is 10.2 Å². The van der Waals surface area contributed by atoms with Crippen molar-refractivity contribution in [2.24, 2.45) is 5.92 Å². The fourth-order valence-corrected chi connectivity index (χ4v) is 1.71. The molecule has 1 heterocycles. The maximum absolute atomic E-state index is 4.27. The minimum absolute atomic E-state index is 0.819. The van der Waals surface area contributed by atoms with Gasteiger partial charge in [0.2, 0.25) is 0 Å². The molecule has 1 saturated carbocycles. The van der Waals surface area contributed by atoms with Crippen LogP contribution in [-0.2, 0) is 0 Å². The zero-order chi connectivity index (χ0) is 12.3. The van der Waals surface area contributed by atoms with Crippen molar-refractivity contribution in [2.45, 2.75) is 19.8 Å². The normalized spacial score (nSPS) is 14.5. The molecule has 1 aromatic rings. The van der Waals surface area contributed by atoms with Gasteiger partial charge in [-0.1, -0.05) is 12.2 Å². The fraction of sp³-hybridized carbons (Fsp3) is 0.538. The molecular weight excluding hydrogens is 212 g/mol. The highest BCUT2D eigenvalue weighted by Crippen LogP contribution is 2.28. The predicted octanol–water partition coefficient (Wildman–Crippen LogP) is 2.31. The van der Waals surface area contributed by atoms with Crippen molar-refractivity contribution < 1.29 is 0 Å². The zero-order valence-electron chi connectivity index (χ0n) is 10.6. The molecule has 4 nitrogen and oxygen atoms in total. The Bertz CT molecular complexity index is 398. The summed E-state index contributed by atoms with van der Waals surface area (Å²) in [7, 11) is 2.02. The standard InChI is InChI=1S/C13H20N4/c1-10(2)8-17(3)13-6-12(15-9-16-13)14-7-11-4-5-11/h6,9,11H,1,4-5,7-8H2,2-3H3,(H,14,15,16). The van der Waals surface area contributed by atoms with Crippen molar-refractivity contribution in [3.05, 3.63) is 24.5 Å². The summed E-state index contributed by atoms with van der Waals surface area (Å²) in [5, 5.41) is 3.35. The van der Waals surface area contributed by atoms with E-state index < -0.39 is 0 Å². The quantitative estimate of drug-likeness (QED) is 0.764. The lowest BCUT2D eigenvalue weighted by Gasteiger charge is -2.18. The van der Waals surface area contributed by atoms with Gasteiger partial charge in [0.1, 0.15) is 18.0 Å². The molecule has 0 amide bonds. The Hall–Kier alpha value is -1.58. The highest BCUT2D eigenvalue weighted by Gasteiger charge is 2.20. The largest absolute Gasteiger partial charge is 0.370 e. The van der Waals surface area contributed by atoms with Crippen LogP contribution in [0, 0.1) is 5.92 Å². The van der Waals surface area contributed by atoms with Crippen LogP contribution in [0.25, 0.3) is 0 Å². The van der Waals surface area contributed by atoms with E-state index in [0.29, 0.717) is 0 Å². The molecule has 1 aromatic heterocycles. The van der Waals surface area contributed by atoms with E-state index in [1.165, 1.54) is 12.8 Å². The molecular formula is C13H20N4. The SMILES string of the molecule is C=C(C)CN(C)c1cc(NCC2CC2)ncn1. The Kier molecular flexibility index (Phi) is 3.61. The average Bonchev–Trinajstić information content (AvgIpc) is 3.10. The maximum Gasteiger partial charge on any atom is 0.134 e. The number of likely N-dealkylation sites (N-methyl/N-ethyl adjacent to an activating group) is 1. The Morgan fingerprint density at radius 2 is 2.29 bits per heavy atom. The Morgan fingerprint density at radius 3 is 2.94 bits per heavy atom. The number of anilines is 2. The molecule has 2 rings (SSSR count). The number of nitrogens with zero attached hydrogens (tertiary/aromatic N) is 3.